The Kier molecular flexibility index (Phi) is 3.27. The summed E-state index contributed by atoms with van der Waals surface area (Å²) >= 11 is 0. The molecule has 2 heteroatoms. The summed E-state index contributed by atoms with van der Waals surface area (Å²) in [6, 6.07) is 6.59. The van der Waals surface area contributed by atoms with Gasteiger partial charge < -0.3 is 10.0 Å². The summed E-state index contributed by atoms with van der Waals surface area (Å²) in [5, 5.41) is 8.92. The van der Waals surface area contributed by atoms with E-state index in [2.05, 4.69) is 30.1 Å². The highest BCUT2D eigenvalue weighted by Crippen LogP contribution is 2.26. The van der Waals surface area contributed by atoms with E-state index in [1.54, 1.807) is 0 Å². The van der Waals surface area contributed by atoms with Crippen molar-refractivity contribution in [1.29, 1.82) is 0 Å². The highest BCUT2D eigenvalue weighted by molar-refractivity contribution is 5.55. The minimum absolute atomic E-state index is 0.245. The van der Waals surface area contributed by atoms with Gasteiger partial charge in [0.05, 0.1) is 0 Å². The number of hydrogen-bond acceptors (Lipinski definition) is 2. The smallest absolute Gasteiger partial charge is 0.0471 e. The largest absolute Gasteiger partial charge is 0.396 e. The lowest BCUT2D eigenvalue weighted by molar-refractivity contribution is 0.299. The Morgan fingerprint density at radius 3 is 3.00 bits per heavy atom. The van der Waals surface area contributed by atoms with Gasteiger partial charge in [-0.2, -0.15) is 0 Å². The van der Waals surface area contributed by atoms with Gasteiger partial charge in [-0.25, -0.2) is 0 Å². The number of benzene rings is 1. The maximum atomic E-state index is 8.92. The van der Waals surface area contributed by atoms with Gasteiger partial charge in [-0.3, -0.25) is 0 Å². The predicted octanol–water partition coefficient (Wildman–Crippen LogP) is 1.99. The molecule has 82 valence electrons. The second-order valence-electron chi connectivity index (χ2n) is 4.32. The summed E-state index contributed by atoms with van der Waals surface area (Å²) in [7, 11) is 2.16. The normalized spacial score (nSPS) is 16.0. The SMILES string of the molecule is CN1CCCCc2cc(CCO)ccc21. The zero-order valence-corrected chi connectivity index (χ0v) is 9.37. The molecule has 2 nitrogen and oxygen atoms in total. The zero-order chi connectivity index (χ0) is 10.7. The number of aryl methyl sites for hydroxylation is 1. The lowest BCUT2D eigenvalue weighted by Gasteiger charge is -2.19. The molecule has 0 bridgehead atoms. The molecule has 1 aliphatic heterocycles. The van der Waals surface area contributed by atoms with Gasteiger partial charge in [0.2, 0.25) is 0 Å². The molecule has 15 heavy (non-hydrogen) atoms. The molecule has 0 saturated carbocycles. The molecule has 1 aromatic rings. The molecule has 0 spiro atoms. The van der Waals surface area contributed by atoms with E-state index in [1.807, 2.05) is 0 Å². The van der Waals surface area contributed by atoms with Crippen LogP contribution in [0.2, 0.25) is 0 Å². The number of fused-ring (bicyclic) bond motifs is 1. The number of anilines is 1. The molecule has 0 saturated heterocycles. The van der Waals surface area contributed by atoms with Crippen LogP contribution in [0.3, 0.4) is 0 Å². The third-order valence-electron chi connectivity index (χ3n) is 3.15. The van der Waals surface area contributed by atoms with Crippen molar-refractivity contribution in [2.75, 3.05) is 25.1 Å². The van der Waals surface area contributed by atoms with E-state index in [-0.39, 0.29) is 6.61 Å². The number of aliphatic hydroxyl groups excluding tert-OH is 1. The fourth-order valence-electron chi connectivity index (χ4n) is 2.28. The second-order valence-corrected chi connectivity index (χ2v) is 4.32. The molecule has 0 aromatic heterocycles. The number of nitrogens with zero attached hydrogens (tertiary/aromatic N) is 1. The highest BCUT2D eigenvalue weighted by Gasteiger charge is 2.11. The fraction of sp³-hybridized carbons (Fsp3) is 0.538. The van der Waals surface area contributed by atoms with Crippen LogP contribution in [0.5, 0.6) is 0 Å². The molecule has 1 N–H and O–H groups in total. The number of aliphatic hydroxyl groups is 1. The minimum Gasteiger partial charge on any atom is -0.396 e. The maximum Gasteiger partial charge on any atom is 0.0471 e. The molecule has 0 aliphatic carbocycles. The number of rotatable bonds is 2. The Balaban J connectivity index is 2.29. The summed E-state index contributed by atoms with van der Waals surface area (Å²) in [6.07, 6.45) is 4.51. The van der Waals surface area contributed by atoms with Gasteiger partial charge in [0.25, 0.3) is 0 Å². The van der Waals surface area contributed by atoms with Crippen molar-refractivity contribution in [3.8, 4) is 0 Å². The first kappa shape index (κ1) is 10.5. The van der Waals surface area contributed by atoms with Gasteiger partial charge in [0.15, 0.2) is 0 Å². The van der Waals surface area contributed by atoms with Gasteiger partial charge in [-0.05, 0) is 42.9 Å². The molecular weight excluding hydrogens is 186 g/mol. The molecule has 0 fully saturated rings. The first-order valence-corrected chi connectivity index (χ1v) is 5.75. The van der Waals surface area contributed by atoms with Crippen LogP contribution in [0.1, 0.15) is 24.0 Å². The first-order valence-electron chi connectivity index (χ1n) is 5.75. The summed E-state index contributed by atoms with van der Waals surface area (Å²) in [5.74, 6) is 0. The van der Waals surface area contributed by atoms with Gasteiger partial charge >= 0.3 is 0 Å². The van der Waals surface area contributed by atoms with Crippen LogP contribution in [0.15, 0.2) is 18.2 Å². The third-order valence-corrected chi connectivity index (χ3v) is 3.15. The lowest BCUT2D eigenvalue weighted by Crippen LogP contribution is -2.17. The monoisotopic (exact) mass is 205 g/mol. The Bertz CT molecular complexity index is 335. The zero-order valence-electron chi connectivity index (χ0n) is 9.37. The molecular formula is C13H19NO. The van der Waals surface area contributed by atoms with Crippen molar-refractivity contribution in [1.82, 2.24) is 0 Å². The number of hydrogen-bond donors (Lipinski definition) is 1. The Morgan fingerprint density at radius 2 is 2.20 bits per heavy atom. The van der Waals surface area contributed by atoms with Gasteiger partial charge in [-0.1, -0.05) is 12.1 Å². The van der Waals surface area contributed by atoms with Gasteiger partial charge in [0.1, 0.15) is 0 Å². The molecule has 1 aliphatic rings. The molecule has 0 amide bonds. The van der Waals surface area contributed by atoms with E-state index >= 15 is 0 Å². The standard InChI is InChI=1S/C13H19NO/c1-14-8-3-2-4-12-10-11(7-9-15)5-6-13(12)14/h5-6,10,15H,2-4,7-9H2,1H3. The summed E-state index contributed by atoms with van der Waals surface area (Å²) in [4.78, 5) is 2.34. The van der Waals surface area contributed by atoms with Crippen LogP contribution in [0.4, 0.5) is 5.69 Å². The Morgan fingerprint density at radius 1 is 1.33 bits per heavy atom. The fourth-order valence-corrected chi connectivity index (χ4v) is 2.28. The molecule has 0 radical (unpaired) electrons. The van der Waals surface area contributed by atoms with Crippen LogP contribution in [-0.2, 0) is 12.8 Å². The van der Waals surface area contributed by atoms with Gasteiger partial charge in [-0.15, -0.1) is 0 Å². The van der Waals surface area contributed by atoms with Crippen molar-refractivity contribution < 1.29 is 5.11 Å². The molecule has 0 atom stereocenters. The lowest BCUT2D eigenvalue weighted by atomic mass is 10.0. The molecule has 1 heterocycles. The molecule has 1 aromatic carbocycles. The van der Waals surface area contributed by atoms with E-state index < -0.39 is 0 Å². The van der Waals surface area contributed by atoms with E-state index in [4.69, 9.17) is 5.11 Å². The van der Waals surface area contributed by atoms with E-state index in [0.29, 0.717) is 0 Å². The van der Waals surface area contributed by atoms with Gasteiger partial charge in [0, 0.05) is 25.9 Å². The molecule has 2 rings (SSSR count). The Labute approximate surface area is 91.5 Å². The van der Waals surface area contributed by atoms with Crippen molar-refractivity contribution in [2.24, 2.45) is 0 Å². The average molecular weight is 205 g/mol. The van der Waals surface area contributed by atoms with Crippen LogP contribution in [-0.4, -0.2) is 25.3 Å². The van der Waals surface area contributed by atoms with E-state index in [9.17, 15) is 0 Å². The van der Waals surface area contributed by atoms with Crippen LogP contribution in [0.25, 0.3) is 0 Å². The molecule has 0 unspecified atom stereocenters. The van der Waals surface area contributed by atoms with E-state index in [1.165, 1.54) is 36.1 Å². The quantitative estimate of drug-likeness (QED) is 0.798. The highest BCUT2D eigenvalue weighted by atomic mass is 16.2. The van der Waals surface area contributed by atoms with Crippen LogP contribution in [0, 0.1) is 0 Å². The van der Waals surface area contributed by atoms with Crippen LogP contribution < -0.4 is 4.90 Å². The van der Waals surface area contributed by atoms with E-state index in [0.717, 1.165) is 13.0 Å². The summed E-state index contributed by atoms with van der Waals surface area (Å²) in [5.41, 5.74) is 4.07. The minimum atomic E-state index is 0.245. The van der Waals surface area contributed by atoms with Crippen LogP contribution >= 0.6 is 0 Å². The second kappa shape index (κ2) is 4.67. The predicted molar refractivity (Wildman–Crippen MR) is 63.4 cm³/mol. The topological polar surface area (TPSA) is 23.5 Å². The van der Waals surface area contributed by atoms with Crippen molar-refractivity contribution in [2.45, 2.75) is 25.7 Å². The average Bonchev–Trinajstić information content (AvgIpc) is 2.41. The third kappa shape index (κ3) is 2.32. The maximum absolute atomic E-state index is 8.92. The summed E-state index contributed by atoms with van der Waals surface area (Å²) < 4.78 is 0. The summed E-state index contributed by atoms with van der Waals surface area (Å²) in [6.45, 7) is 1.40. The van der Waals surface area contributed by atoms with Crippen molar-refractivity contribution in [3.63, 3.8) is 0 Å². The first-order chi connectivity index (χ1) is 7.31. The van der Waals surface area contributed by atoms with Crippen molar-refractivity contribution in [3.05, 3.63) is 29.3 Å². The van der Waals surface area contributed by atoms with Crippen molar-refractivity contribution >= 4 is 5.69 Å². The Hall–Kier alpha value is -1.02.